The first-order chi connectivity index (χ1) is 5.82. The Balaban J connectivity index is 3.37. The number of rotatable bonds is 0. The van der Waals surface area contributed by atoms with E-state index in [0.29, 0.717) is 5.69 Å². The van der Waals surface area contributed by atoms with E-state index in [9.17, 15) is 0 Å². The Labute approximate surface area is 79.9 Å². The highest BCUT2D eigenvalue weighted by Crippen LogP contribution is 2.32. The Morgan fingerprint density at radius 2 is 1.62 bits per heavy atom. The molecule has 13 heavy (non-hydrogen) atoms. The quantitative estimate of drug-likeness (QED) is 0.599. The van der Waals surface area contributed by atoms with E-state index in [0.717, 1.165) is 16.8 Å². The van der Waals surface area contributed by atoms with Crippen molar-refractivity contribution < 1.29 is 0 Å². The second-order valence-electron chi connectivity index (χ2n) is 4.57. The lowest BCUT2D eigenvalue weighted by Crippen LogP contribution is -2.15. The largest absolute Gasteiger partial charge is 0.397 e. The van der Waals surface area contributed by atoms with Gasteiger partial charge in [0.15, 0.2) is 0 Å². The fourth-order valence-electron chi connectivity index (χ4n) is 1.45. The molecule has 72 valence electrons. The van der Waals surface area contributed by atoms with Crippen LogP contribution in [0.4, 0.5) is 11.4 Å². The number of benzene rings is 1. The number of aryl methyl sites for hydroxylation is 1. The van der Waals surface area contributed by atoms with Gasteiger partial charge in [0.25, 0.3) is 0 Å². The second kappa shape index (κ2) is 2.95. The van der Waals surface area contributed by atoms with E-state index >= 15 is 0 Å². The molecule has 2 heteroatoms. The van der Waals surface area contributed by atoms with Gasteiger partial charge >= 0.3 is 0 Å². The Morgan fingerprint density at radius 1 is 1.08 bits per heavy atom. The van der Waals surface area contributed by atoms with Gasteiger partial charge in [-0.2, -0.15) is 0 Å². The number of hydrogen-bond donors (Lipinski definition) is 2. The second-order valence-corrected chi connectivity index (χ2v) is 4.57. The summed E-state index contributed by atoms with van der Waals surface area (Å²) >= 11 is 0. The van der Waals surface area contributed by atoms with E-state index in [1.807, 2.05) is 13.0 Å². The number of hydrogen-bond acceptors (Lipinski definition) is 2. The van der Waals surface area contributed by atoms with Crippen LogP contribution < -0.4 is 11.5 Å². The molecule has 1 aromatic carbocycles. The lowest BCUT2D eigenvalue weighted by atomic mass is 9.84. The molecule has 0 amide bonds. The zero-order valence-electron chi connectivity index (χ0n) is 8.81. The van der Waals surface area contributed by atoms with Crippen LogP contribution >= 0.6 is 0 Å². The van der Waals surface area contributed by atoms with Crippen LogP contribution in [0.3, 0.4) is 0 Å². The highest BCUT2D eigenvalue weighted by Gasteiger charge is 2.18. The van der Waals surface area contributed by atoms with E-state index in [2.05, 4.69) is 26.8 Å². The summed E-state index contributed by atoms with van der Waals surface area (Å²) in [5.41, 5.74) is 15.5. The van der Waals surface area contributed by atoms with E-state index < -0.39 is 0 Å². The van der Waals surface area contributed by atoms with Crippen molar-refractivity contribution in [3.05, 3.63) is 23.3 Å². The summed E-state index contributed by atoms with van der Waals surface area (Å²) in [5, 5.41) is 0. The highest BCUT2D eigenvalue weighted by molar-refractivity contribution is 5.70. The normalized spacial score (nSPS) is 11.7. The third-order valence-corrected chi connectivity index (χ3v) is 2.16. The summed E-state index contributed by atoms with van der Waals surface area (Å²) in [6, 6.07) is 4.01. The lowest BCUT2D eigenvalue weighted by molar-refractivity contribution is 0.592. The molecule has 0 atom stereocenters. The summed E-state index contributed by atoms with van der Waals surface area (Å²) in [7, 11) is 0. The summed E-state index contributed by atoms with van der Waals surface area (Å²) in [4.78, 5) is 0. The predicted molar refractivity (Wildman–Crippen MR) is 58.7 cm³/mol. The molecule has 1 aromatic rings. The van der Waals surface area contributed by atoms with Crippen LogP contribution in [0.2, 0.25) is 0 Å². The Hall–Kier alpha value is -1.18. The average Bonchev–Trinajstić information content (AvgIpc) is 1.94. The van der Waals surface area contributed by atoms with Crippen LogP contribution in [0.15, 0.2) is 12.1 Å². The van der Waals surface area contributed by atoms with Gasteiger partial charge in [0.1, 0.15) is 0 Å². The van der Waals surface area contributed by atoms with Crippen LogP contribution in [0.5, 0.6) is 0 Å². The molecule has 2 nitrogen and oxygen atoms in total. The minimum absolute atomic E-state index is 0.0597. The number of anilines is 2. The number of nitrogens with two attached hydrogens (primary N) is 2. The molecular formula is C11H18N2. The number of nitrogen functional groups attached to an aromatic ring is 2. The first-order valence-corrected chi connectivity index (χ1v) is 4.48. The van der Waals surface area contributed by atoms with Gasteiger partial charge < -0.3 is 11.5 Å². The molecule has 0 saturated heterocycles. The summed E-state index contributed by atoms with van der Waals surface area (Å²) in [6.07, 6.45) is 0. The average molecular weight is 178 g/mol. The molecular weight excluding hydrogens is 160 g/mol. The molecule has 0 spiro atoms. The van der Waals surface area contributed by atoms with Gasteiger partial charge in [-0.1, -0.05) is 26.8 Å². The molecule has 4 N–H and O–H groups in total. The molecule has 0 heterocycles. The molecule has 0 bridgehead atoms. The summed E-state index contributed by atoms with van der Waals surface area (Å²) in [6.45, 7) is 8.44. The third-order valence-electron chi connectivity index (χ3n) is 2.16. The van der Waals surface area contributed by atoms with Crippen molar-refractivity contribution in [1.82, 2.24) is 0 Å². The fourth-order valence-corrected chi connectivity index (χ4v) is 1.45. The Morgan fingerprint density at radius 3 is 2.08 bits per heavy atom. The first-order valence-electron chi connectivity index (χ1n) is 4.48. The molecule has 1 rings (SSSR count). The zero-order valence-corrected chi connectivity index (χ0v) is 8.81. The van der Waals surface area contributed by atoms with Crippen LogP contribution in [0.1, 0.15) is 31.9 Å². The predicted octanol–water partition coefficient (Wildman–Crippen LogP) is 2.46. The SMILES string of the molecule is Cc1cc(N)c(N)c(C(C)(C)C)c1. The van der Waals surface area contributed by atoms with Crippen LogP contribution in [-0.2, 0) is 5.41 Å². The first kappa shape index (κ1) is 9.90. The van der Waals surface area contributed by atoms with Crippen molar-refractivity contribution in [2.45, 2.75) is 33.1 Å². The topological polar surface area (TPSA) is 52.0 Å². The van der Waals surface area contributed by atoms with Gasteiger partial charge in [0, 0.05) is 0 Å². The lowest BCUT2D eigenvalue weighted by Gasteiger charge is -2.22. The van der Waals surface area contributed by atoms with Gasteiger partial charge in [-0.15, -0.1) is 0 Å². The molecule has 0 aromatic heterocycles. The maximum Gasteiger partial charge on any atom is 0.0585 e. The van der Waals surface area contributed by atoms with Crippen LogP contribution in [-0.4, -0.2) is 0 Å². The van der Waals surface area contributed by atoms with Crippen molar-refractivity contribution in [1.29, 1.82) is 0 Å². The van der Waals surface area contributed by atoms with Crippen LogP contribution in [0, 0.1) is 6.92 Å². The fraction of sp³-hybridized carbons (Fsp3) is 0.455. The van der Waals surface area contributed by atoms with Gasteiger partial charge in [0.2, 0.25) is 0 Å². The van der Waals surface area contributed by atoms with E-state index in [1.165, 1.54) is 0 Å². The van der Waals surface area contributed by atoms with E-state index in [1.54, 1.807) is 0 Å². The molecule has 0 unspecified atom stereocenters. The maximum atomic E-state index is 5.91. The zero-order chi connectivity index (χ0) is 10.2. The van der Waals surface area contributed by atoms with Gasteiger partial charge in [-0.3, -0.25) is 0 Å². The molecule has 0 aliphatic rings. The molecule has 0 aliphatic heterocycles. The minimum Gasteiger partial charge on any atom is -0.397 e. The molecule has 0 saturated carbocycles. The van der Waals surface area contributed by atoms with Crippen LogP contribution in [0.25, 0.3) is 0 Å². The van der Waals surface area contributed by atoms with Gasteiger partial charge in [0.05, 0.1) is 11.4 Å². The Bertz CT molecular complexity index is 322. The summed E-state index contributed by atoms with van der Waals surface area (Å²) in [5.74, 6) is 0. The maximum absolute atomic E-state index is 5.91. The third kappa shape index (κ3) is 1.94. The van der Waals surface area contributed by atoms with Crippen molar-refractivity contribution >= 4 is 11.4 Å². The van der Waals surface area contributed by atoms with Crippen molar-refractivity contribution in [2.75, 3.05) is 11.5 Å². The smallest absolute Gasteiger partial charge is 0.0585 e. The molecule has 0 fully saturated rings. The molecule has 0 radical (unpaired) electrons. The Kier molecular flexibility index (Phi) is 2.24. The van der Waals surface area contributed by atoms with Crippen molar-refractivity contribution in [2.24, 2.45) is 0 Å². The highest BCUT2D eigenvalue weighted by atomic mass is 14.7. The molecule has 0 aliphatic carbocycles. The summed E-state index contributed by atoms with van der Waals surface area (Å²) < 4.78 is 0. The monoisotopic (exact) mass is 178 g/mol. The van der Waals surface area contributed by atoms with Gasteiger partial charge in [-0.25, -0.2) is 0 Å². The standard InChI is InChI=1S/C11H18N2/c1-7-5-8(11(2,3)4)10(13)9(12)6-7/h5-6H,12-13H2,1-4H3. The van der Waals surface area contributed by atoms with Crippen molar-refractivity contribution in [3.8, 4) is 0 Å². The van der Waals surface area contributed by atoms with Gasteiger partial charge in [-0.05, 0) is 29.5 Å². The van der Waals surface area contributed by atoms with E-state index in [4.69, 9.17) is 11.5 Å². The minimum atomic E-state index is 0.0597. The van der Waals surface area contributed by atoms with E-state index in [-0.39, 0.29) is 5.41 Å². The van der Waals surface area contributed by atoms with Crippen molar-refractivity contribution in [3.63, 3.8) is 0 Å².